The molecule has 112 valence electrons. The monoisotopic (exact) mass is 270 g/mol. The minimum atomic E-state index is -0.324. The summed E-state index contributed by atoms with van der Waals surface area (Å²) in [7, 11) is 0. The van der Waals surface area contributed by atoms with Crippen molar-refractivity contribution in [2.75, 3.05) is 19.7 Å². The molecule has 0 aromatic carbocycles. The summed E-state index contributed by atoms with van der Waals surface area (Å²) < 4.78 is 0. The highest BCUT2D eigenvalue weighted by atomic mass is 16.3. The Labute approximate surface area is 117 Å². The summed E-state index contributed by atoms with van der Waals surface area (Å²) in [5.41, 5.74) is 5.54. The molecule has 4 N–H and O–H groups in total. The van der Waals surface area contributed by atoms with Gasteiger partial charge in [0.25, 0.3) is 0 Å². The number of hydrogen-bond acceptors (Lipinski definition) is 3. The number of hydrogen-bond donors (Lipinski definition) is 3. The van der Waals surface area contributed by atoms with Crippen molar-refractivity contribution >= 4 is 5.91 Å². The molecule has 1 atom stereocenters. The molecule has 0 bridgehead atoms. The predicted octanol–water partition coefficient (Wildman–Crippen LogP) is 1.67. The SMILES string of the molecule is CC(CO)CCCNC(=O)C1(CN)CCC(C)CC1. The fourth-order valence-corrected chi connectivity index (χ4v) is 2.77. The summed E-state index contributed by atoms with van der Waals surface area (Å²) in [6.45, 7) is 5.64. The number of aliphatic hydroxyl groups is 1. The minimum Gasteiger partial charge on any atom is -0.396 e. The van der Waals surface area contributed by atoms with Gasteiger partial charge in [0.05, 0.1) is 5.41 Å². The zero-order chi connectivity index (χ0) is 14.3. The lowest BCUT2D eigenvalue weighted by atomic mass is 9.70. The second-order valence-electron chi connectivity index (χ2n) is 6.35. The second-order valence-corrected chi connectivity index (χ2v) is 6.35. The van der Waals surface area contributed by atoms with Crippen LogP contribution in [0.3, 0.4) is 0 Å². The topological polar surface area (TPSA) is 75.3 Å². The highest BCUT2D eigenvalue weighted by Gasteiger charge is 2.39. The molecule has 0 saturated heterocycles. The third kappa shape index (κ3) is 4.77. The third-order valence-electron chi connectivity index (χ3n) is 4.57. The standard InChI is InChI=1S/C15H30N2O2/c1-12-5-7-15(11-16,8-6-12)14(19)17-9-3-4-13(2)10-18/h12-13,18H,3-11,16H2,1-2H3,(H,17,19). The number of carbonyl (C=O) groups is 1. The van der Waals surface area contributed by atoms with Crippen molar-refractivity contribution in [3.8, 4) is 0 Å². The molecule has 1 amide bonds. The van der Waals surface area contributed by atoms with Gasteiger partial charge in [-0.3, -0.25) is 4.79 Å². The fraction of sp³-hybridized carbons (Fsp3) is 0.933. The Morgan fingerprint density at radius 2 is 2.11 bits per heavy atom. The molecule has 4 heteroatoms. The van der Waals surface area contributed by atoms with Gasteiger partial charge in [-0.1, -0.05) is 13.8 Å². The van der Waals surface area contributed by atoms with Crippen molar-refractivity contribution in [3.05, 3.63) is 0 Å². The largest absolute Gasteiger partial charge is 0.396 e. The van der Waals surface area contributed by atoms with Crippen LogP contribution in [0.4, 0.5) is 0 Å². The smallest absolute Gasteiger partial charge is 0.227 e. The molecule has 1 aliphatic rings. The van der Waals surface area contributed by atoms with Crippen molar-refractivity contribution in [1.29, 1.82) is 0 Å². The first-order valence-corrected chi connectivity index (χ1v) is 7.63. The van der Waals surface area contributed by atoms with Crippen molar-refractivity contribution in [1.82, 2.24) is 5.32 Å². The van der Waals surface area contributed by atoms with Crippen molar-refractivity contribution in [3.63, 3.8) is 0 Å². The summed E-state index contributed by atoms with van der Waals surface area (Å²) in [5.74, 6) is 1.17. The Morgan fingerprint density at radius 1 is 1.47 bits per heavy atom. The molecular weight excluding hydrogens is 240 g/mol. The number of amides is 1. The highest BCUT2D eigenvalue weighted by Crippen LogP contribution is 2.38. The quantitative estimate of drug-likeness (QED) is 0.616. The second kappa shape index (κ2) is 7.85. The molecule has 0 radical (unpaired) electrons. The molecule has 0 aromatic rings. The van der Waals surface area contributed by atoms with E-state index in [2.05, 4.69) is 12.2 Å². The van der Waals surface area contributed by atoms with Gasteiger partial charge in [0.1, 0.15) is 0 Å². The molecule has 1 unspecified atom stereocenters. The maximum Gasteiger partial charge on any atom is 0.227 e. The van der Waals surface area contributed by atoms with Crippen LogP contribution in [0.15, 0.2) is 0 Å². The van der Waals surface area contributed by atoms with Crippen LogP contribution < -0.4 is 11.1 Å². The highest BCUT2D eigenvalue weighted by molar-refractivity contribution is 5.83. The third-order valence-corrected chi connectivity index (χ3v) is 4.57. The van der Waals surface area contributed by atoms with Crippen LogP contribution in [0.25, 0.3) is 0 Å². The predicted molar refractivity (Wildman–Crippen MR) is 77.6 cm³/mol. The average molecular weight is 270 g/mol. The van der Waals surface area contributed by atoms with E-state index in [1.807, 2.05) is 6.92 Å². The van der Waals surface area contributed by atoms with Crippen LogP contribution in [0.2, 0.25) is 0 Å². The molecule has 1 saturated carbocycles. The van der Waals surface area contributed by atoms with E-state index in [0.717, 1.165) is 44.4 Å². The van der Waals surface area contributed by atoms with Gasteiger partial charge in [0.15, 0.2) is 0 Å². The minimum absolute atomic E-state index is 0.138. The van der Waals surface area contributed by atoms with E-state index in [9.17, 15) is 4.79 Å². The first-order chi connectivity index (χ1) is 9.04. The number of carbonyl (C=O) groups excluding carboxylic acids is 1. The Kier molecular flexibility index (Phi) is 6.80. The van der Waals surface area contributed by atoms with Gasteiger partial charge in [-0.25, -0.2) is 0 Å². The summed E-state index contributed by atoms with van der Waals surface area (Å²) in [5, 5.41) is 12.0. The first kappa shape index (κ1) is 16.4. The van der Waals surface area contributed by atoms with Crippen molar-refractivity contribution in [2.24, 2.45) is 23.0 Å². The molecular formula is C15H30N2O2. The van der Waals surface area contributed by atoms with E-state index in [0.29, 0.717) is 19.0 Å². The van der Waals surface area contributed by atoms with Gasteiger partial charge >= 0.3 is 0 Å². The van der Waals surface area contributed by atoms with Crippen LogP contribution in [0.1, 0.15) is 52.4 Å². The van der Waals surface area contributed by atoms with E-state index in [1.165, 1.54) is 0 Å². The van der Waals surface area contributed by atoms with Crippen LogP contribution in [0, 0.1) is 17.3 Å². The van der Waals surface area contributed by atoms with Crippen LogP contribution in [0.5, 0.6) is 0 Å². The summed E-state index contributed by atoms with van der Waals surface area (Å²) in [6, 6.07) is 0. The molecule has 0 heterocycles. The lowest BCUT2D eigenvalue weighted by Crippen LogP contribution is -2.48. The normalized spacial score (nSPS) is 28.9. The number of nitrogens with two attached hydrogens (primary N) is 1. The van der Waals surface area contributed by atoms with Gasteiger partial charge in [-0.2, -0.15) is 0 Å². The van der Waals surface area contributed by atoms with Gasteiger partial charge in [-0.05, 0) is 50.4 Å². The first-order valence-electron chi connectivity index (χ1n) is 7.63. The molecule has 0 spiro atoms. The Morgan fingerprint density at radius 3 is 2.63 bits per heavy atom. The van der Waals surface area contributed by atoms with E-state index in [1.54, 1.807) is 0 Å². The van der Waals surface area contributed by atoms with Gasteiger partial charge in [0, 0.05) is 19.7 Å². The lowest BCUT2D eigenvalue weighted by Gasteiger charge is -2.37. The van der Waals surface area contributed by atoms with Crippen LogP contribution in [-0.4, -0.2) is 30.7 Å². The molecule has 4 nitrogen and oxygen atoms in total. The van der Waals surface area contributed by atoms with Gasteiger partial charge in [0.2, 0.25) is 5.91 Å². The molecule has 1 rings (SSSR count). The summed E-state index contributed by atoms with van der Waals surface area (Å²) >= 11 is 0. The molecule has 0 aliphatic heterocycles. The van der Waals surface area contributed by atoms with E-state index in [4.69, 9.17) is 10.8 Å². The van der Waals surface area contributed by atoms with E-state index in [-0.39, 0.29) is 17.9 Å². The maximum absolute atomic E-state index is 12.3. The van der Waals surface area contributed by atoms with Gasteiger partial charge in [-0.15, -0.1) is 0 Å². The molecule has 1 fully saturated rings. The summed E-state index contributed by atoms with van der Waals surface area (Å²) in [4.78, 5) is 12.3. The lowest BCUT2D eigenvalue weighted by molar-refractivity contribution is -0.132. The van der Waals surface area contributed by atoms with E-state index < -0.39 is 0 Å². The molecule has 0 aromatic heterocycles. The Balaban J connectivity index is 2.34. The zero-order valence-corrected chi connectivity index (χ0v) is 12.5. The fourth-order valence-electron chi connectivity index (χ4n) is 2.77. The summed E-state index contributed by atoms with van der Waals surface area (Å²) in [6.07, 6.45) is 5.92. The Bertz CT molecular complexity index is 273. The molecule has 1 aliphatic carbocycles. The molecule has 19 heavy (non-hydrogen) atoms. The van der Waals surface area contributed by atoms with Crippen molar-refractivity contribution < 1.29 is 9.90 Å². The number of rotatable bonds is 7. The van der Waals surface area contributed by atoms with Crippen molar-refractivity contribution in [2.45, 2.75) is 52.4 Å². The number of nitrogens with one attached hydrogen (secondary N) is 1. The van der Waals surface area contributed by atoms with Crippen LogP contribution >= 0.6 is 0 Å². The Hall–Kier alpha value is -0.610. The zero-order valence-electron chi connectivity index (χ0n) is 12.5. The van der Waals surface area contributed by atoms with Gasteiger partial charge < -0.3 is 16.2 Å². The van der Waals surface area contributed by atoms with Crippen LogP contribution in [-0.2, 0) is 4.79 Å². The maximum atomic E-state index is 12.3. The average Bonchev–Trinajstić information content (AvgIpc) is 2.44. The van der Waals surface area contributed by atoms with E-state index >= 15 is 0 Å². The number of aliphatic hydroxyl groups excluding tert-OH is 1.